The van der Waals surface area contributed by atoms with Crippen LogP contribution in [0.25, 0.3) is 0 Å². The number of carbonyl (C=O) groups is 1. The first-order valence-electron chi connectivity index (χ1n) is 6.59. The van der Waals surface area contributed by atoms with Crippen molar-refractivity contribution in [3.63, 3.8) is 0 Å². The number of rotatable bonds is 6. The predicted octanol–water partition coefficient (Wildman–Crippen LogP) is 1.48. The Hall–Kier alpha value is -1.89. The smallest absolute Gasteiger partial charge is 0.287 e. The van der Waals surface area contributed by atoms with Crippen LogP contribution in [-0.4, -0.2) is 33.7 Å². The Balaban J connectivity index is 2.14. The lowest BCUT2D eigenvalue weighted by molar-refractivity contribution is -0.384. The molecule has 0 radical (unpaired) electrons. The average molecular weight is 281 g/mol. The van der Waals surface area contributed by atoms with Gasteiger partial charge in [0, 0.05) is 30.7 Å². The van der Waals surface area contributed by atoms with Gasteiger partial charge in [-0.2, -0.15) is 0 Å². The molecule has 1 fully saturated rings. The van der Waals surface area contributed by atoms with E-state index in [-0.39, 0.29) is 24.2 Å². The molecule has 0 saturated heterocycles. The zero-order valence-electron chi connectivity index (χ0n) is 11.6. The summed E-state index contributed by atoms with van der Waals surface area (Å²) in [7, 11) is 0. The maximum absolute atomic E-state index is 12.2. The molecule has 2 N–H and O–H groups in total. The van der Waals surface area contributed by atoms with Crippen LogP contribution in [-0.2, 0) is 0 Å². The Morgan fingerprint density at radius 1 is 1.60 bits per heavy atom. The van der Waals surface area contributed by atoms with Crippen LogP contribution in [0.5, 0.6) is 0 Å². The average Bonchev–Trinajstić information content (AvgIpc) is 3.14. The van der Waals surface area contributed by atoms with E-state index in [4.69, 9.17) is 5.11 Å². The maximum Gasteiger partial charge on any atom is 0.287 e. The monoisotopic (exact) mass is 281 g/mol. The molecular weight excluding hydrogens is 262 g/mol. The minimum Gasteiger partial charge on any atom is -0.396 e. The summed E-state index contributed by atoms with van der Waals surface area (Å²) in [5.41, 5.74) is -0.171. The van der Waals surface area contributed by atoms with E-state index in [0.29, 0.717) is 12.2 Å². The van der Waals surface area contributed by atoms with Gasteiger partial charge >= 0.3 is 0 Å². The zero-order valence-corrected chi connectivity index (χ0v) is 11.6. The molecule has 20 heavy (non-hydrogen) atoms. The third-order valence-corrected chi connectivity index (χ3v) is 3.37. The third kappa shape index (κ3) is 3.16. The lowest BCUT2D eigenvalue weighted by Crippen LogP contribution is -2.36. The van der Waals surface area contributed by atoms with Crippen LogP contribution in [0.2, 0.25) is 0 Å². The van der Waals surface area contributed by atoms with Crippen LogP contribution in [0, 0.1) is 15.5 Å². The van der Waals surface area contributed by atoms with Gasteiger partial charge in [0.05, 0.1) is 11.1 Å². The maximum atomic E-state index is 12.2. The molecule has 0 aliphatic heterocycles. The number of hydrogen-bond acceptors (Lipinski definition) is 4. The molecule has 1 saturated carbocycles. The Bertz CT molecular complexity index is 532. The first kappa shape index (κ1) is 14.5. The summed E-state index contributed by atoms with van der Waals surface area (Å²) in [6.07, 6.45) is 3.30. The number of nitrogens with zero attached hydrogens (tertiary/aromatic N) is 2. The summed E-state index contributed by atoms with van der Waals surface area (Å²) in [6.45, 7) is 3.92. The highest BCUT2D eigenvalue weighted by molar-refractivity contribution is 5.93. The van der Waals surface area contributed by atoms with Gasteiger partial charge < -0.3 is 15.0 Å². The second kappa shape index (κ2) is 5.24. The van der Waals surface area contributed by atoms with Crippen LogP contribution >= 0.6 is 0 Å². The lowest BCUT2D eigenvalue weighted by Gasteiger charge is -2.21. The van der Waals surface area contributed by atoms with Gasteiger partial charge in [0.15, 0.2) is 0 Å². The highest BCUT2D eigenvalue weighted by Gasteiger charge is 2.30. The van der Waals surface area contributed by atoms with Crippen LogP contribution in [0.1, 0.15) is 43.2 Å². The Morgan fingerprint density at radius 3 is 2.75 bits per heavy atom. The van der Waals surface area contributed by atoms with Crippen molar-refractivity contribution < 1.29 is 14.8 Å². The summed E-state index contributed by atoms with van der Waals surface area (Å²) in [5.74, 6) is -0.341. The van der Waals surface area contributed by atoms with Gasteiger partial charge in [-0.25, -0.2) is 0 Å². The molecule has 1 aliphatic rings. The minimum atomic E-state index is -0.493. The molecule has 2 rings (SSSR count). The fourth-order valence-corrected chi connectivity index (χ4v) is 1.87. The van der Waals surface area contributed by atoms with E-state index in [1.807, 2.05) is 13.8 Å². The van der Waals surface area contributed by atoms with Crippen LogP contribution in [0.3, 0.4) is 0 Å². The molecule has 0 spiro atoms. The number of nitro groups is 1. The molecule has 1 aliphatic carbocycles. The Kier molecular flexibility index (Phi) is 3.80. The number of carbonyl (C=O) groups excluding carboxylic acids is 1. The zero-order chi connectivity index (χ0) is 14.9. The summed E-state index contributed by atoms with van der Waals surface area (Å²) in [5, 5.41) is 22.7. The molecule has 0 atom stereocenters. The van der Waals surface area contributed by atoms with Gasteiger partial charge in [0.1, 0.15) is 5.69 Å². The second-order valence-electron chi connectivity index (χ2n) is 5.98. The van der Waals surface area contributed by atoms with E-state index in [9.17, 15) is 14.9 Å². The van der Waals surface area contributed by atoms with Gasteiger partial charge in [-0.15, -0.1) is 0 Å². The van der Waals surface area contributed by atoms with E-state index >= 15 is 0 Å². The molecule has 1 aromatic rings. The van der Waals surface area contributed by atoms with E-state index in [1.54, 1.807) is 4.57 Å². The first-order chi connectivity index (χ1) is 9.34. The quantitative estimate of drug-likeness (QED) is 0.609. The van der Waals surface area contributed by atoms with Crippen molar-refractivity contribution in [3.8, 4) is 0 Å². The fourth-order valence-electron chi connectivity index (χ4n) is 1.87. The molecule has 1 amide bonds. The van der Waals surface area contributed by atoms with E-state index < -0.39 is 10.3 Å². The molecule has 7 heteroatoms. The summed E-state index contributed by atoms with van der Waals surface area (Å²) < 4.78 is 1.68. The number of aliphatic hydroxyl groups is 1. The number of nitrogens with one attached hydrogen (secondary N) is 1. The van der Waals surface area contributed by atoms with Crippen molar-refractivity contribution >= 4 is 11.6 Å². The van der Waals surface area contributed by atoms with Crippen molar-refractivity contribution in [1.82, 2.24) is 9.88 Å². The first-order valence-corrected chi connectivity index (χ1v) is 6.59. The summed E-state index contributed by atoms with van der Waals surface area (Å²) in [4.78, 5) is 22.5. The topological polar surface area (TPSA) is 97.4 Å². The summed E-state index contributed by atoms with van der Waals surface area (Å²) in [6, 6.07) is 1.50. The van der Waals surface area contributed by atoms with Gasteiger partial charge in [0.2, 0.25) is 0 Å². The molecule has 1 aromatic heterocycles. The van der Waals surface area contributed by atoms with Crippen LogP contribution < -0.4 is 5.32 Å². The number of aromatic nitrogens is 1. The lowest BCUT2D eigenvalue weighted by atomic mass is 9.95. The molecule has 1 heterocycles. The predicted molar refractivity (Wildman–Crippen MR) is 72.6 cm³/mol. The van der Waals surface area contributed by atoms with Gasteiger partial charge in [0.25, 0.3) is 11.6 Å². The number of aliphatic hydroxyl groups excluding tert-OH is 1. The third-order valence-electron chi connectivity index (χ3n) is 3.37. The largest absolute Gasteiger partial charge is 0.396 e. The van der Waals surface area contributed by atoms with Gasteiger partial charge in [-0.1, -0.05) is 13.8 Å². The van der Waals surface area contributed by atoms with E-state index in [2.05, 4.69) is 5.32 Å². The SMILES string of the molecule is CC(C)(CO)CNC(=O)c1cc([N+](=O)[O-])cn1C1CC1. The molecule has 7 nitrogen and oxygen atoms in total. The molecule has 0 bridgehead atoms. The van der Waals surface area contributed by atoms with Crippen molar-refractivity contribution in [2.75, 3.05) is 13.2 Å². The summed E-state index contributed by atoms with van der Waals surface area (Å²) >= 11 is 0. The second-order valence-corrected chi connectivity index (χ2v) is 5.98. The molecule has 0 aromatic carbocycles. The number of hydrogen-bond donors (Lipinski definition) is 2. The molecular formula is C13H19N3O4. The molecule has 110 valence electrons. The number of amides is 1. The van der Waals surface area contributed by atoms with Crippen LogP contribution in [0.4, 0.5) is 5.69 Å². The van der Waals surface area contributed by atoms with Gasteiger partial charge in [-0.05, 0) is 12.8 Å². The highest BCUT2D eigenvalue weighted by Crippen LogP contribution is 2.37. The van der Waals surface area contributed by atoms with Crippen LogP contribution in [0.15, 0.2) is 12.3 Å². The van der Waals surface area contributed by atoms with Gasteiger partial charge in [-0.3, -0.25) is 14.9 Å². The normalized spacial score (nSPS) is 15.2. The van der Waals surface area contributed by atoms with Crippen molar-refractivity contribution in [1.29, 1.82) is 0 Å². The minimum absolute atomic E-state index is 0.0446. The van der Waals surface area contributed by atoms with Crippen molar-refractivity contribution in [2.45, 2.75) is 32.7 Å². The van der Waals surface area contributed by atoms with E-state index in [1.165, 1.54) is 12.3 Å². The van der Waals surface area contributed by atoms with Crippen molar-refractivity contribution in [3.05, 3.63) is 28.1 Å². The fraction of sp³-hybridized carbons (Fsp3) is 0.615. The standard InChI is InChI=1S/C13H19N3O4/c1-13(2,8-17)7-14-12(18)11-5-10(16(19)20)6-15(11)9-3-4-9/h5-6,9,17H,3-4,7-8H2,1-2H3,(H,14,18). The highest BCUT2D eigenvalue weighted by atomic mass is 16.6. The Morgan fingerprint density at radius 2 is 2.25 bits per heavy atom. The molecule has 0 unspecified atom stereocenters. The van der Waals surface area contributed by atoms with E-state index in [0.717, 1.165) is 12.8 Å². The van der Waals surface area contributed by atoms with Crippen molar-refractivity contribution in [2.24, 2.45) is 5.41 Å². The Labute approximate surface area is 116 Å².